The molecule has 1 saturated heterocycles. The fourth-order valence-corrected chi connectivity index (χ4v) is 7.36. The van der Waals surface area contributed by atoms with E-state index in [0.29, 0.717) is 32.6 Å². The number of imide groups is 1. The summed E-state index contributed by atoms with van der Waals surface area (Å²) in [5.41, 5.74) is 2.09. The number of hydrogen-bond acceptors (Lipinski definition) is 4. The molecule has 1 aromatic carbocycles. The van der Waals surface area contributed by atoms with Crippen molar-refractivity contribution in [3.05, 3.63) is 35.4 Å². The number of carbonyl (C=O) groups is 3. The molecule has 6 rings (SSSR count). The van der Waals surface area contributed by atoms with Gasteiger partial charge >= 0.3 is 6.03 Å². The molecule has 0 aromatic heterocycles. The lowest BCUT2D eigenvalue weighted by atomic mass is 9.53. The Morgan fingerprint density at radius 1 is 0.971 bits per heavy atom. The lowest BCUT2D eigenvalue weighted by Gasteiger charge is -2.56. The van der Waals surface area contributed by atoms with Crippen molar-refractivity contribution in [3.63, 3.8) is 0 Å². The zero-order chi connectivity index (χ0) is 23.9. The minimum absolute atomic E-state index is 0.106. The molecule has 1 atom stereocenters. The van der Waals surface area contributed by atoms with Crippen molar-refractivity contribution in [1.82, 2.24) is 20.4 Å². The molecule has 34 heavy (non-hydrogen) atoms. The van der Waals surface area contributed by atoms with Crippen LogP contribution in [0.1, 0.15) is 56.6 Å². The van der Waals surface area contributed by atoms with Crippen LogP contribution in [0, 0.1) is 24.7 Å². The maximum absolute atomic E-state index is 12.8. The SMILES string of the molecule is Cc1ccccc1CC(=O)N1CCN(C(C)C(=O)NC(=O)NC23CC4CC(CC(C4)C2)C3)CC1. The molecule has 4 bridgehead atoms. The van der Waals surface area contributed by atoms with Gasteiger partial charge in [-0.15, -0.1) is 0 Å². The fourth-order valence-electron chi connectivity index (χ4n) is 7.36. The van der Waals surface area contributed by atoms with Crippen LogP contribution in [0.2, 0.25) is 0 Å². The highest BCUT2D eigenvalue weighted by Crippen LogP contribution is 2.55. The largest absolute Gasteiger partial charge is 0.340 e. The van der Waals surface area contributed by atoms with Crippen molar-refractivity contribution in [1.29, 1.82) is 0 Å². The van der Waals surface area contributed by atoms with Gasteiger partial charge in [-0.3, -0.25) is 19.8 Å². The van der Waals surface area contributed by atoms with Crippen LogP contribution in [0.5, 0.6) is 0 Å². The molecule has 184 valence electrons. The fraction of sp³-hybridized carbons (Fsp3) is 0.667. The van der Waals surface area contributed by atoms with Crippen LogP contribution < -0.4 is 10.6 Å². The Hall–Kier alpha value is -2.41. The first-order chi connectivity index (χ1) is 16.3. The number of nitrogens with zero attached hydrogens (tertiary/aromatic N) is 2. The second-order valence-electron chi connectivity index (χ2n) is 11.3. The Labute approximate surface area is 202 Å². The van der Waals surface area contributed by atoms with Gasteiger partial charge in [0, 0.05) is 31.7 Å². The number of hydrogen-bond donors (Lipinski definition) is 2. The van der Waals surface area contributed by atoms with E-state index < -0.39 is 6.04 Å². The minimum atomic E-state index is -0.407. The highest BCUT2D eigenvalue weighted by atomic mass is 16.2. The number of nitrogens with one attached hydrogen (secondary N) is 2. The Balaban J connectivity index is 1.08. The Morgan fingerprint density at radius 2 is 1.56 bits per heavy atom. The molecule has 1 aliphatic heterocycles. The van der Waals surface area contributed by atoms with Gasteiger partial charge in [0.05, 0.1) is 12.5 Å². The Kier molecular flexibility index (Phi) is 6.40. The molecule has 1 heterocycles. The zero-order valence-electron chi connectivity index (χ0n) is 20.5. The summed E-state index contributed by atoms with van der Waals surface area (Å²) in [6.45, 7) is 6.33. The maximum atomic E-state index is 12.8. The topological polar surface area (TPSA) is 81.8 Å². The van der Waals surface area contributed by atoms with Crippen molar-refractivity contribution in [2.24, 2.45) is 17.8 Å². The van der Waals surface area contributed by atoms with Gasteiger partial charge in [-0.2, -0.15) is 0 Å². The van der Waals surface area contributed by atoms with Gasteiger partial charge in [0.1, 0.15) is 0 Å². The average molecular weight is 467 g/mol. The summed E-state index contributed by atoms with van der Waals surface area (Å²) in [5, 5.41) is 5.83. The zero-order valence-corrected chi connectivity index (χ0v) is 20.5. The quantitative estimate of drug-likeness (QED) is 0.699. The summed E-state index contributed by atoms with van der Waals surface area (Å²) >= 11 is 0. The van der Waals surface area contributed by atoms with E-state index in [1.54, 1.807) is 0 Å². The molecule has 7 heteroatoms. The average Bonchev–Trinajstić information content (AvgIpc) is 2.78. The van der Waals surface area contributed by atoms with Crippen LogP contribution in [0.4, 0.5) is 4.79 Å². The summed E-state index contributed by atoms with van der Waals surface area (Å²) < 4.78 is 0. The number of aryl methyl sites for hydroxylation is 1. The van der Waals surface area contributed by atoms with E-state index in [9.17, 15) is 14.4 Å². The highest BCUT2D eigenvalue weighted by molar-refractivity contribution is 5.97. The Bertz CT molecular complexity index is 918. The van der Waals surface area contributed by atoms with Crippen LogP contribution in [-0.4, -0.2) is 65.4 Å². The van der Waals surface area contributed by atoms with Gasteiger partial charge in [0.2, 0.25) is 11.8 Å². The molecular formula is C27H38N4O3. The van der Waals surface area contributed by atoms with E-state index in [1.807, 2.05) is 43.0 Å². The lowest BCUT2D eigenvalue weighted by molar-refractivity contribution is -0.133. The lowest BCUT2D eigenvalue weighted by Crippen LogP contribution is -2.63. The Morgan fingerprint density at radius 3 is 2.15 bits per heavy atom. The second kappa shape index (κ2) is 9.33. The van der Waals surface area contributed by atoms with E-state index in [-0.39, 0.29) is 23.4 Å². The third-order valence-electron chi connectivity index (χ3n) is 8.85. The van der Waals surface area contributed by atoms with Crippen LogP contribution in [0.15, 0.2) is 24.3 Å². The number of urea groups is 1. The van der Waals surface area contributed by atoms with Crippen LogP contribution in [0.25, 0.3) is 0 Å². The molecule has 4 aliphatic carbocycles. The van der Waals surface area contributed by atoms with Crippen LogP contribution in [0.3, 0.4) is 0 Å². The molecule has 5 fully saturated rings. The van der Waals surface area contributed by atoms with E-state index in [0.717, 1.165) is 48.1 Å². The number of benzene rings is 1. The van der Waals surface area contributed by atoms with Crippen molar-refractivity contribution in [2.75, 3.05) is 26.2 Å². The molecule has 4 saturated carbocycles. The first-order valence-electron chi connectivity index (χ1n) is 13.0. The van der Waals surface area contributed by atoms with E-state index >= 15 is 0 Å². The predicted octanol–water partition coefficient (Wildman–Crippen LogP) is 2.86. The molecule has 0 radical (unpaired) electrons. The normalized spacial score (nSPS) is 31.2. The second-order valence-corrected chi connectivity index (χ2v) is 11.3. The molecule has 0 spiro atoms. The first-order valence-corrected chi connectivity index (χ1v) is 13.0. The number of amides is 4. The monoisotopic (exact) mass is 466 g/mol. The molecule has 7 nitrogen and oxygen atoms in total. The van der Waals surface area contributed by atoms with E-state index in [2.05, 4.69) is 15.5 Å². The molecular weight excluding hydrogens is 428 g/mol. The molecule has 1 unspecified atom stereocenters. The van der Waals surface area contributed by atoms with Gasteiger partial charge in [-0.1, -0.05) is 24.3 Å². The van der Waals surface area contributed by atoms with Crippen molar-refractivity contribution < 1.29 is 14.4 Å². The smallest absolute Gasteiger partial charge is 0.321 e. The predicted molar refractivity (Wildman–Crippen MR) is 130 cm³/mol. The number of piperazine rings is 1. The van der Waals surface area contributed by atoms with Crippen molar-refractivity contribution in [2.45, 2.75) is 70.4 Å². The summed E-state index contributed by atoms with van der Waals surface area (Å²) in [6.07, 6.45) is 7.55. The van der Waals surface area contributed by atoms with Gasteiger partial charge < -0.3 is 10.2 Å². The van der Waals surface area contributed by atoms with E-state index in [4.69, 9.17) is 0 Å². The van der Waals surface area contributed by atoms with Gasteiger partial charge in [0.25, 0.3) is 0 Å². The summed E-state index contributed by atoms with van der Waals surface area (Å²) in [4.78, 5) is 42.3. The van der Waals surface area contributed by atoms with Crippen LogP contribution in [-0.2, 0) is 16.0 Å². The third-order valence-corrected chi connectivity index (χ3v) is 8.85. The van der Waals surface area contributed by atoms with Gasteiger partial charge in [-0.25, -0.2) is 4.79 Å². The van der Waals surface area contributed by atoms with Gasteiger partial charge in [0.15, 0.2) is 0 Å². The summed E-state index contributed by atoms with van der Waals surface area (Å²) in [5.74, 6) is 2.09. The molecule has 2 N–H and O–H groups in total. The maximum Gasteiger partial charge on any atom is 0.321 e. The molecule has 5 aliphatic rings. The highest BCUT2D eigenvalue weighted by Gasteiger charge is 2.51. The minimum Gasteiger partial charge on any atom is -0.340 e. The summed E-state index contributed by atoms with van der Waals surface area (Å²) in [6, 6.07) is 7.23. The first kappa shape index (κ1) is 23.3. The molecule has 1 aromatic rings. The molecule has 4 amide bonds. The standard InChI is InChI=1S/C27H38N4O3/c1-18-5-3-4-6-23(18)14-24(32)31-9-7-30(8-10-31)19(2)25(33)28-26(34)29-27-15-20-11-21(16-27)13-22(12-20)17-27/h3-6,19-22H,7-17H2,1-2H3,(H2,28,29,33,34). The third kappa shape index (κ3) is 4.85. The number of rotatable bonds is 5. The van der Waals surface area contributed by atoms with Crippen LogP contribution >= 0.6 is 0 Å². The number of carbonyl (C=O) groups excluding carboxylic acids is 3. The van der Waals surface area contributed by atoms with Crippen molar-refractivity contribution in [3.8, 4) is 0 Å². The van der Waals surface area contributed by atoms with Gasteiger partial charge in [-0.05, 0) is 81.3 Å². The van der Waals surface area contributed by atoms with Crippen molar-refractivity contribution >= 4 is 17.8 Å². The van der Waals surface area contributed by atoms with E-state index in [1.165, 1.54) is 19.3 Å². The summed E-state index contributed by atoms with van der Waals surface area (Å²) in [7, 11) is 0.